The van der Waals surface area contributed by atoms with Crippen LogP contribution in [0.15, 0.2) is 36.5 Å². The average Bonchev–Trinajstić information content (AvgIpc) is 2.37. The number of hydrogen-bond donors (Lipinski definition) is 0. The van der Waals surface area contributed by atoms with Gasteiger partial charge >= 0.3 is 33.9 Å². The fourth-order valence-electron chi connectivity index (χ4n) is 0.791. The van der Waals surface area contributed by atoms with E-state index < -0.39 is 0 Å². The standard InChI is InChI=1S/C8H10.3CO.Fe/c1-2-8-6-4-3-5-7-8;3*1-2;/h2-4,6H,1,5,7H2;;;;. The summed E-state index contributed by atoms with van der Waals surface area (Å²) in [6.07, 6.45) is 10.6. The second kappa shape index (κ2) is 29.3. The van der Waals surface area contributed by atoms with Gasteiger partial charge in [0.05, 0.1) is 0 Å². The third kappa shape index (κ3) is 19.4. The van der Waals surface area contributed by atoms with Crippen molar-refractivity contribution in [3.8, 4) is 0 Å². The van der Waals surface area contributed by atoms with E-state index in [1.807, 2.05) is 6.08 Å². The second-order valence-electron chi connectivity index (χ2n) is 1.91. The van der Waals surface area contributed by atoms with E-state index in [1.54, 1.807) is 0 Å². The van der Waals surface area contributed by atoms with Crippen molar-refractivity contribution in [1.29, 1.82) is 0 Å². The first-order valence-electron chi connectivity index (χ1n) is 3.53. The van der Waals surface area contributed by atoms with Crippen LogP contribution in [0.2, 0.25) is 0 Å². The minimum atomic E-state index is 0. The van der Waals surface area contributed by atoms with Gasteiger partial charge in [-0.05, 0) is 18.4 Å². The van der Waals surface area contributed by atoms with Gasteiger partial charge in [0, 0.05) is 17.1 Å². The molecule has 0 aromatic rings. The smallest absolute Gasteiger partial charge is 0 e. The molecule has 1 aliphatic rings. The molecule has 0 spiro atoms. The third-order valence-corrected chi connectivity index (χ3v) is 1.31. The van der Waals surface area contributed by atoms with Crippen molar-refractivity contribution in [2.75, 3.05) is 0 Å². The zero-order valence-electron chi connectivity index (χ0n) is 8.01. The average molecular weight is 246 g/mol. The monoisotopic (exact) mass is 246 g/mol. The Balaban J connectivity index is -0.0000000755. The molecule has 1 aliphatic carbocycles. The normalized spacial score (nSPS) is 9.87. The first-order chi connectivity index (χ1) is 6.93. The molecule has 1 rings (SSSR count). The predicted octanol–water partition coefficient (Wildman–Crippen LogP) is 2.33. The topological polar surface area (TPSA) is 59.7 Å². The van der Waals surface area contributed by atoms with E-state index in [2.05, 4.69) is 44.8 Å². The number of allylic oxidation sites excluding steroid dienone is 5. The van der Waals surface area contributed by atoms with E-state index in [4.69, 9.17) is 14.0 Å². The maximum Gasteiger partial charge on any atom is 0 e. The maximum absolute atomic E-state index is 7.50. The zero-order chi connectivity index (χ0) is 11.8. The van der Waals surface area contributed by atoms with Crippen molar-refractivity contribution in [2.24, 2.45) is 0 Å². The van der Waals surface area contributed by atoms with Crippen LogP contribution < -0.4 is 0 Å². The Labute approximate surface area is 101 Å². The van der Waals surface area contributed by atoms with Crippen LogP contribution in [0.4, 0.5) is 0 Å². The molecule has 0 atom stereocenters. The van der Waals surface area contributed by atoms with Gasteiger partial charge in [0.2, 0.25) is 0 Å². The van der Waals surface area contributed by atoms with Gasteiger partial charge in [0.25, 0.3) is 0 Å². The van der Waals surface area contributed by atoms with E-state index in [-0.39, 0.29) is 17.1 Å². The largest absolute Gasteiger partial charge is 0 e. The Hall–Kier alpha value is -1.04. The minimum absolute atomic E-state index is 0. The molecule has 80 valence electrons. The molecule has 0 aromatic heterocycles. The van der Waals surface area contributed by atoms with Crippen LogP contribution in [0.5, 0.6) is 0 Å². The summed E-state index contributed by atoms with van der Waals surface area (Å²) in [7, 11) is 0. The maximum atomic E-state index is 7.50. The fourth-order valence-corrected chi connectivity index (χ4v) is 0.791. The number of hydrogen-bond acceptors (Lipinski definition) is 0. The van der Waals surface area contributed by atoms with Crippen molar-refractivity contribution < 1.29 is 31.0 Å². The quantitative estimate of drug-likeness (QED) is 0.387. The summed E-state index contributed by atoms with van der Waals surface area (Å²) in [6, 6.07) is 0. The van der Waals surface area contributed by atoms with Crippen molar-refractivity contribution in [1.82, 2.24) is 0 Å². The van der Waals surface area contributed by atoms with E-state index in [0.29, 0.717) is 0 Å². The molecule has 15 heavy (non-hydrogen) atoms. The summed E-state index contributed by atoms with van der Waals surface area (Å²) in [4.78, 5) is 0. The second-order valence-corrected chi connectivity index (χ2v) is 1.91. The van der Waals surface area contributed by atoms with Gasteiger partial charge in [0.15, 0.2) is 0 Å². The molecule has 0 N–H and O–H groups in total. The SMILES string of the molecule is C=CC1=CC=CCC1.[C-]#[O+].[C-]#[O+].[C-]#[O+].[Fe]. The summed E-state index contributed by atoms with van der Waals surface area (Å²) in [5.41, 5.74) is 1.35. The van der Waals surface area contributed by atoms with Crippen LogP contribution in [0.25, 0.3) is 0 Å². The first-order valence-corrected chi connectivity index (χ1v) is 3.53. The molecule has 4 heteroatoms. The Kier molecular flexibility index (Phi) is 46.1. The molecule has 0 radical (unpaired) electrons. The van der Waals surface area contributed by atoms with Crippen LogP contribution in [-0.4, -0.2) is 0 Å². The molecule has 0 amide bonds. The van der Waals surface area contributed by atoms with Gasteiger partial charge < -0.3 is 0 Å². The Morgan fingerprint density at radius 1 is 1.13 bits per heavy atom. The summed E-state index contributed by atoms with van der Waals surface area (Å²) in [6.45, 7) is 17.2. The zero-order valence-corrected chi connectivity index (χ0v) is 9.11. The van der Waals surface area contributed by atoms with Gasteiger partial charge in [0.1, 0.15) is 0 Å². The molecule has 0 heterocycles. The van der Waals surface area contributed by atoms with E-state index in [0.717, 1.165) is 0 Å². The van der Waals surface area contributed by atoms with Crippen molar-refractivity contribution in [2.45, 2.75) is 12.8 Å². The Bertz CT molecular complexity index is 232. The molecular weight excluding hydrogens is 236 g/mol. The molecule has 0 aliphatic heterocycles. The van der Waals surface area contributed by atoms with Crippen LogP contribution in [-0.2, 0) is 31.0 Å². The van der Waals surface area contributed by atoms with E-state index in [9.17, 15) is 0 Å². The molecule has 3 nitrogen and oxygen atoms in total. The minimum Gasteiger partial charge on any atom is 0 e. The van der Waals surface area contributed by atoms with E-state index in [1.165, 1.54) is 18.4 Å². The van der Waals surface area contributed by atoms with Crippen LogP contribution in [0, 0.1) is 20.0 Å². The van der Waals surface area contributed by atoms with Gasteiger partial charge in [-0.25, -0.2) is 0 Å². The van der Waals surface area contributed by atoms with Gasteiger partial charge in [-0.15, -0.1) is 0 Å². The van der Waals surface area contributed by atoms with Gasteiger partial charge in [-0.3, -0.25) is 0 Å². The Morgan fingerprint density at radius 2 is 1.60 bits per heavy atom. The van der Waals surface area contributed by atoms with Crippen LogP contribution in [0.3, 0.4) is 0 Å². The van der Waals surface area contributed by atoms with Crippen molar-refractivity contribution >= 4 is 0 Å². The Morgan fingerprint density at radius 3 is 1.80 bits per heavy atom. The predicted molar refractivity (Wildman–Crippen MR) is 48.4 cm³/mol. The van der Waals surface area contributed by atoms with Crippen LogP contribution >= 0.6 is 0 Å². The third-order valence-electron chi connectivity index (χ3n) is 1.31. The van der Waals surface area contributed by atoms with Crippen molar-refractivity contribution in [3.63, 3.8) is 0 Å². The van der Waals surface area contributed by atoms with Crippen LogP contribution in [0.1, 0.15) is 12.8 Å². The van der Waals surface area contributed by atoms with E-state index >= 15 is 0 Å². The fraction of sp³-hybridized carbons (Fsp3) is 0.182. The summed E-state index contributed by atoms with van der Waals surface area (Å²) in [5.74, 6) is 0. The molecular formula is C11H10FeO3. The molecule has 0 fully saturated rings. The van der Waals surface area contributed by atoms with Crippen molar-refractivity contribution in [3.05, 3.63) is 56.4 Å². The first kappa shape index (κ1) is 23.6. The van der Waals surface area contributed by atoms with Gasteiger partial charge in [-0.1, -0.05) is 30.9 Å². The molecule has 0 bridgehead atoms. The molecule has 0 unspecified atom stereocenters. The summed E-state index contributed by atoms with van der Waals surface area (Å²) < 4.78 is 22.5. The summed E-state index contributed by atoms with van der Waals surface area (Å²) in [5, 5.41) is 0. The molecule has 0 saturated heterocycles. The molecule has 0 aromatic carbocycles. The summed E-state index contributed by atoms with van der Waals surface area (Å²) >= 11 is 0. The van der Waals surface area contributed by atoms with Gasteiger partial charge in [-0.2, -0.15) is 0 Å². The number of rotatable bonds is 1. The molecule has 0 saturated carbocycles.